The normalized spacial score (nSPS) is 16.5. The van der Waals surface area contributed by atoms with Crippen LogP contribution in [0.3, 0.4) is 0 Å². The standard InChI is InChI=1S/C18H20N4OS/c19-16-12-20-18-15(17(16)21-13-6-4-5-7-13)10-11-22(18)24(23)14-8-2-1-3-9-14/h1-3,8-13H,4-7,19H2,(H,20,21). The Morgan fingerprint density at radius 2 is 1.92 bits per heavy atom. The second-order valence-corrected chi connectivity index (χ2v) is 7.52. The van der Waals surface area contributed by atoms with Gasteiger partial charge in [0.25, 0.3) is 0 Å². The number of hydrogen-bond acceptors (Lipinski definition) is 4. The van der Waals surface area contributed by atoms with Gasteiger partial charge in [-0.2, -0.15) is 0 Å². The number of nitrogens with zero attached hydrogens (tertiary/aromatic N) is 2. The Balaban J connectivity index is 1.75. The maximum Gasteiger partial charge on any atom is 0.158 e. The molecule has 2 aromatic heterocycles. The van der Waals surface area contributed by atoms with Gasteiger partial charge in [-0.05, 0) is 31.0 Å². The molecule has 1 aliphatic carbocycles. The van der Waals surface area contributed by atoms with E-state index in [4.69, 9.17) is 5.73 Å². The highest BCUT2D eigenvalue weighted by molar-refractivity contribution is 7.83. The van der Waals surface area contributed by atoms with Gasteiger partial charge >= 0.3 is 0 Å². The monoisotopic (exact) mass is 340 g/mol. The first-order valence-corrected chi connectivity index (χ1v) is 9.34. The average molecular weight is 340 g/mol. The first-order valence-electron chi connectivity index (χ1n) is 8.23. The van der Waals surface area contributed by atoms with Crippen LogP contribution in [0.2, 0.25) is 0 Å². The van der Waals surface area contributed by atoms with Gasteiger partial charge in [-0.15, -0.1) is 0 Å². The minimum Gasteiger partial charge on any atom is -0.396 e. The van der Waals surface area contributed by atoms with Gasteiger partial charge in [0, 0.05) is 17.6 Å². The Morgan fingerprint density at radius 1 is 1.17 bits per heavy atom. The van der Waals surface area contributed by atoms with Crippen molar-refractivity contribution in [3.8, 4) is 0 Å². The number of nitrogens with two attached hydrogens (primary N) is 1. The molecule has 6 heteroatoms. The molecule has 0 saturated heterocycles. The quantitative estimate of drug-likeness (QED) is 0.762. The lowest BCUT2D eigenvalue weighted by Crippen LogP contribution is -2.16. The molecule has 0 aliphatic heterocycles. The molecule has 0 amide bonds. The summed E-state index contributed by atoms with van der Waals surface area (Å²) in [6.07, 6.45) is 8.31. The summed E-state index contributed by atoms with van der Waals surface area (Å²) < 4.78 is 14.5. The molecule has 1 fully saturated rings. The molecule has 1 atom stereocenters. The summed E-state index contributed by atoms with van der Waals surface area (Å²) in [4.78, 5) is 5.18. The number of benzene rings is 1. The van der Waals surface area contributed by atoms with Crippen molar-refractivity contribution in [1.29, 1.82) is 0 Å². The van der Waals surface area contributed by atoms with Crippen LogP contribution in [-0.4, -0.2) is 19.2 Å². The minimum absolute atomic E-state index is 0.459. The van der Waals surface area contributed by atoms with Crippen molar-refractivity contribution in [1.82, 2.24) is 8.96 Å². The summed E-state index contributed by atoms with van der Waals surface area (Å²) in [5.74, 6) is 0. The third-order valence-corrected chi connectivity index (χ3v) is 5.86. The van der Waals surface area contributed by atoms with Gasteiger partial charge < -0.3 is 11.1 Å². The molecule has 1 saturated carbocycles. The van der Waals surface area contributed by atoms with E-state index in [0.717, 1.165) is 16.0 Å². The van der Waals surface area contributed by atoms with Crippen LogP contribution in [0, 0.1) is 0 Å². The SMILES string of the molecule is Nc1cnc2c(ccn2S(=O)c2ccccc2)c1NC1CCCC1. The van der Waals surface area contributed by atoms with E-state index in [0.29, 0.717) is 17.4 Å². The van der Waals surface area contributed by atoms with Crippen molar-refractivity contribution in [3.05, 3.63) is 48.8 Å². The highest BCUT2D eigenvalue weighted by atomic mass is 32.2. The van der Waals surface area contributed by atoms with E-state index in [-0.39, 0.29) is 0 Å². The summed E-state index contributed by atoms with van der Waals surface area (Å²) in [5.41, 5.74) is 8.39. The Hall–Kier alpha value is -2.34. The van der Waals surface area contributed by atoms with Crippen molar-refractivity contribution < 1.29 is 4.21 Å². The first kappa shape index (κ1) is 15.2. The van der Waals surface area contributed by atoms with E-state index in [9.17, 15) is 4.21 Å². The van der Waals surface area contributed by atoms with Crippen LogP contribution < -0.4 is 11.1 Å². The summed E-state index contributed by atoms with van der Waals surface area (Å²) in [7, 11) is -1.32. The number of nitrogens with one attached hydrogen (secondary N) is 1. The van der Waals surface area contributed by atoms with Crippen LogP contribution in [0.5, 0.6) is 0 Å². The molecular formula is C18H20N4OS. The van der Waals surface area contributed by atoms with Crippen LogP contribution in [0.1, 0.15) is 25.7 Å². The summed E-state index contributed by atoms with van der Waals surface area (Å²) in [5, 5.41) is 4.49. The van der Waals surface area contributed by atoms with E-state index >= 15 is 0 Å². The van der Waals surface area contributed by atoms with Crippen molar-refractivity contribution in [2.24, 2.45) is 0 Å². The first-order chi connectivity index (χ1) is 11.7. The lowest BCUT2D eigenvalue weighted by molar-refractivity contribution is 0.678. The van der Waals surface area contributed by atoms with Gasteiger partial charge in [0.1, 0.15) is 0 Å². The van der Waals surface area contributed by atoms with E-state index in [1.54, 1.807) is 10.2 Å². The maximum absolute atomic E-state index is 12.8. The molecule has 0 bridgehead atoms. The molecule has 1 unspecified atom stereocenters. The molecule has 3 N–H and O–H groups in total. The largest absolute Gasteiger partial charge is 0.396 e. The number of rotatable bonds is 4. The molecule has 3 aromatic rings. The fourth-order valence-corrected chi connectivity index (χ4v) is 4.39. The number of aromatic nitrogens is 2. The maximum atomic E-state index is 12.8. The fourth-order valence-electron chi connectivity index (χ4n) is 3.30. The van der Waals surface area contributed by atoms with Crippen molar-refractivity contribution in [3.63, 3.8) is 0 Å². The molecule has 5 nitrogen and oxygen atoms in total. The molecule has 2 heterocycles. The number of nitrogen functional groups attached to an aromatic ring is 1. The predicted molar refractivity (Wildman–Crippen MR) is 98.3 cm³/mol. The van der Waals surface area contributed by atoms with Crippen LogP contribution in [0.15, 0.2) is 53.7 Å². The number of fused-ring (bicyclic) bond motifs is 1. The van der Waals surface area contributed by atoms with Gasteiger partial charge in [-0.3, -0.25) is 0 Å². The molecule has 0 spiro atoms. The van der Waals surface area contributed by atoms with Crippen LogP contribution >= 0.6 is 0 Å². The molecule has 0 radical (unpaired) electrons. The molecule has 1 aliphatic rings. The zero-order valence-electron chi connectivity index (χ0n) is 13.3. The number of anilines is 2. The molecule has 24 heavy (non-hydrogen) atoms. The van der Waals surface area contributed by atoms with Gasteiger partial charge in [0.15, 0.2) is 16.6 Å². The van der Waals surface area contributed by atoms with Gasteiger partial charge in [0.05, 0.1) is 22.5 Å². The highest BCUT2D eigenvalue weighted by Gasteiger charge is 2.19. The second-order valence-electron chi connectivity index (χ2n) is 6.16. The average Bonchev–Trinajstić information content (AvgIpc) is 3.27. The van der Waals surface area contributed by atoms with Crippen molar-refractivity contribution in [2.75, 3.05) is 11.1 Å². The van der Waals surface area contributed by atoms with Crippen LogP contribution in [0.25, 0.3) is 11.0 Å². The number of hydrogen-bond donors (Lipinski definition) is 2. The highest BCUT2D eigenvalue weighted by Crippen LogP contribution is 2.32. The fraction of sp³-hybridized carbons (Fsp3) is 0.278. The minimum atomic E-state index is -1.32. The Kier molecular flexibility index (Phi) is 3.98. The third kappa shape index (κ3) is 2.67. The van der Waals surface area contributed by atoms with Crippen molar-refractivity contribution >= 4 is 33.4 Å². The summed E-state index contributed by atoms with van der Waals surface area (Å²) in [6.45, 7) is 0. The number of pyridine rings is 1. The Labute approximate surface area is 143 Å². The van der Waals surface area contributed by atoms with Gasteiger partial charge in [0.2, 0.25) is 0 Å². The smallest absolute Gasteiger partial charge is 0.158 e. The van der Waals surface area contributed by atoms with Gasteiger partial charge in [-0.1, -0.05) is 31.0 Å². The lowest BCUT2D eigenvalue weighted by atomic mass is 10.2. The summed E-state index contributed by atoms with van der Waals surface area (Å²) >= 11 is 0. The topological polar surface area (TPSA) is 72.9 Å². The zero-order valence-corrected chi connectivity index (χ0v) is 14.1. The molecule has 124 valence electrons. The van der Waals surface area contributed by atoms with E-state index in [2.05, 4.69) is 10.3 Å². The zero-order chi connectivity index (χ0) is 16.5. The van der Waals surface area contributed by atoms with E-state index in [1.165, 1.54) is 25.7 Å². The van der Waals surface area contributed by atoms with Crippen molar-refractivity contribution in [2.45, 2.75) is 36.6 Å². The van der Waals surface area contributed by atoms with E-state index in [1.807, 2.05) is 42.6 Å². The van der Waals surface area contributed by atoms with Crippen LogP contribution in [-0.2, 0) is 11.0 Å². The lowest BCUT2D eigenvalue weighted by Gasteiger charge is -2.16. The molecular weight excluding hydrogens is 320 g/mol. The summed E-state index contributed by atoms with van der Waals surface area (Å²) in [6, 6.07) is 11.8. The second kappa shape index (κ2) is 6.28. The van der Waals surface area contributed by atoms with E-state index < -0.39 is 11.0 Å². The third-order valence-electron chi connectivity index (χ3n) is 4.54. The molecule has 1 aromatic carbocycles. The predicted octanol–water partition coefficient (Wildman–Crippen LogP) is 3.54. The Bertz CT molecular complexity index is 885. The van der Waals surface area contributed by atoms with Gasteiger partial charge in [-0.25, -0.2) is 13.2 Å². The Morgan fingerprint density at radius 3 is 2.67 bits per heavy atom. The molecule has 4 rings (SSSR count). The van der Waals surface area contributed by atoms with Crippen LogP contribution in [0.4, 0.5) is 11.4 Å².